The van der Waals surface area contributed by atoms with Gasteiger partial charge in [0.05, 0.1) is 18.2 Å². The van der Waals surface area contributed by atoms with Crippen LogP contribution in [0.1, 0.15) is 6.92 Å². The molecule has 1 aromatic rings. The van der Waals surface area contributed by atoms with E-state index in [4.69, 9.17) is 32.7 Å². The summed E-state index contributed by atoms with van der Waals surface area (Å²) in [4.78, 5) is 13.9. The van der Waals surface area contributed by atoms with Crippen LogP contribution in [0.5, 0.6) is 5.75 Å². The quantitative estimate of drug-likeness (QED) is 0.861. The zero-order chi connectivity index (χ0) is 13.8. The van der Waals surface area contributed by atoms with Crippen LogP contribution in [-0.2, 0) is 9.53 Å². The van der Waals surface area contributed by atoms with Gasteiger partial charge in [0.15, 0.2) is 6.10 Å². The fourth-order valence-corrected chi connectivity index (χ4v) is 2.31. The molecule has 104 valence electrons. The lowest BCUT2D eigenvalue weighted by Crippen LogP contribution is -2.46. The van der Waals surface area contributed by atoms with Crippen LogP contribution in [0.25, 0.3) is 0 Å². The number of rotatable bonds is 3. The molecule has 6 heteroatoms. The summed E-state index contributed by atoms with van der Waals surface area (Å²) in [5.41, 5.74) is 0. The SMILES string of the molecule is C[C@H](Oc1ccc(Cl)cc1Cl)C(=O)N1CCOCC1. The minimum absolute atomic E-state index is 0.0608. The van der Waals surface area contributed by atoms with E-state index in [1.54, 1.807) is 30.0 Å². The molecular formula is C13H15Cl2NO3. The Morgan fingerprint density at radius 3 is 2.68 bits per heavy atom. The first-order valence-electron chi connectivity index (χ1n) is 6.06. The first-order valence-corrected chi connectivity index (χ1v) is 6.82. The number of nitrogens with zero attached hydrogens (tertiary/aromatic N) is 1. The fraction of sp³-hybridized carbons (Fsp3) is 0.462. The zero-order valence-corrected chi connectivity index (χ0v) is 12.1. The summed E-state index contributed by atoms with van der Waals surface area (Å²) in [5, 5.41) is 0.929. The fourth-order valence-electron chi connectivity index (χ4n) is 1.85. The van der Waals surface area contributed by atoms with Crippen LogP contribution < -0.4 is 4.74 Å². The second-order valence-corrected chi connectivity index (χ2v) is 5.12. The Morgan fingerprint density at radius 2 is 2.05 bits per heavy atom. The third-order valence-electron chi connectivity index (χ3n) is 2.87. The van der Waals surface area contributed by atoms with Crippen molar-refractivity contribution in [2.24, 2.45) is 0 Å². The largest absolute Gasteiger partial charge is 0.479 e. The molecule has 1 amide bonds. The molecule has 1 saturated heterocycles. The molecule has 1 aliphatic rings. The van der Waals surface area contributed by atoms with Crippen molar-refractivity contribution in [3.63, 3.8) is 0 Å². The van der Waals surface area contributed by atoms with Gasteiger partial charge in [-0.25, -0.2) is 0 Å². The summed E-state index contributed by atoms with van der Waals surface area (Å²) in [6.07, 6.45) is -0.586. The molecule has 1 aromatic carbocycles. The van der Waals surface area contributed by atoms with Crippen molar-refractivity contribution in [2.45, 2.75) is 13.0 Å². The highest BCUT2D eigenvalue weighted by molar-refractivity contribution is 6.35. The molecule has 1 atom stereocenters. The first kappa shape index (κ1) is 14.4. The molecule has 0 unspecified atom stereocenters. The standard InChI is InChI=1S/C13H15Cl2NO3/c1-9(13(17)16-4-6-18-7-5-16)19-12-3-2-10(14)8-11(12)15/h2-3,8-9H,4-7H2,1H3/t9-/m0/s1. The number of hydrogen-bond acceptors (Lipinski definition) is 3. The summed E-state index contributed by atoms with van der Waals surface area (Å²) < 4.78 is 10.8. The number of ether oxygens (including phenoxy) is 2. The predicted molar refractivity (Wildman–Crippen MR) is 74.0 cm³/mol. The van der Waals surface area contributed by atoms with E-state index in [1.807, 2.05) is 0 Å². The third kappa shape index (κ3) is 3.75. The van der Waals surface area contributed by atoms with Crippen LogP contribution in [0.4, 0.5) is 0 Å². The van der Waals surface area contributed by atoms with Crippen LogP contribution in [0.15, 0.2) is 18.2 Å². The third-order valence-corrected chi connectivity index (χ3v) is 3.40. The number of morpholine rings is 1. The molecule has 2 rings (SSSR count). The van der Waals surface area contributed by atoms with Gasteiger partial charge in [-0.15, -0.1) is 0 Å². The van der Waals surface area contributed by atoms with Crippen molar-refractivity contribution in [3.8, 4) is 5.75 Å². The molecule has 0 aromatic heterocycles. The number of amides is 1. The molecular weight excluding hydrogens is 289 g/mol. The first-order chi connectivity index (χ1) is 9.08. The molecule has 1 heterocycles. The molecule has 0 radical (unpaired) electrons. The monoisotopic (exact) mass is 303 g/mol. The Labute approximate surface area is 122 Å². The van der Waals surface area contributed by atoms with E-state index in [0.29, 0.717) is 42.1 Å². The van der Waals surface area contributed by atoms with Crippen LogP contribution in [0.3, 0.4) is 0 Å². The molecule has 0 saturated carbocycles. The highest BCUT2D eigenvalue weighted by Crippen LogP contribution is 2.28. The predicted octanol–water partition coefficient (Wildman–Crippen LogP) is 2.62. The maximum absolute atomic E-state index is 12.2. The van der Waals surface area contributed by atoms with E-state index in [-0.39, 0.29) is 5.91 Å². The average molecular weight is 304 g/mol. The van der Waals surface area contributed by atoms with Crippen molar-refractivity contribution in [3.05, 3.63) is 28.2 Å². The van der Waals surface area contributed by atoms with E-state index >= 15 is 0 Å². The van der Waals surface area contributed by atoms with Crippen LogP contribution in [0, 0.1) is 0 Å². The van der Waals surface area contributed by atoms with Gasteiger partial charge >= 0.3 is 0 Å². The van der Waals surface area contributed by atoms with Gasteiger partial charge in [-0.05, 0) is 25.1 Å². The zero-order valence-electron chi connectivity index (χ0n) is 10.6. The van der Waals surface area contributed by atoms with Crippen molar-refractivity contribution in [1.82, 2.24) is 4.90 Å². The van der Waals surface area contributed by atoms with E-state index < -0.39 is 6.10 Å². The van der Waals surface area contributed by atoms with Gasteiger partial charge in [-0.3, -0.25) is 4.79 Å². The summed E-state index contributed by atoms with van der Waals surface area (Å²) in [6.45, 7) is 4.05. The lowest BCUT2D eigenvalue weighted by Gasteiger charge is -2.29. The van der Waals surface area contributed by atoms with Crippen LogP contribution >= 0.6 is 23.2 Å². The molecule has 4 nitrogen and oxygen atoms in total. The van der Waals surface area contributed by atoms with Gasteiger partial charge in [0.1, 0.15) is 5.75 Å². The summed E-state index contributed by atoms with van der Waals surface area (Å²) in [5.74, 6) is 0.398. The molecule has 0 N–H and O–H groups in total. The smallest absolute Gasteiger partial charge is 0.263 e. The van der Waals surface area contributed by atoms with Crippen molar-refractivity contribution in [2.75, 3.05) is 26.3 Å². The minimum Gasteiger partial charge on any atom is -0.479 e. The van der Waals surface area contributed by atoms with Gasteiger partial charge in [0.2, 0.25) is 0 Å². The van der Waals surface area contributed by atoms with E-state index in [0.717, 1.165) is 0 Å². The van der Waals surface area contributed by atoms with Crippen LogP contribution in [0.2, 0.25) is 10.0 Å². The maximum atomic E-state index is 12.2. The van der Waals surface area contributed by atoms with Gasteiger partial charge in [-0.2, -0.15) is 0 Å². The minimum atomic E-state index is -0.586. The molecule has 19 heavy (non-hydrogen) atoms. The molecule has 0 bridgehead atoms. The van der Waals surface area contributed by atoms with Crippen molar-refractivity contribution in [1.29, 1.82) is 0 Å². The number of hydrogen-bond donors (Lipinski definition) is 0. The normalized spacial score (nSPS) is 17.1. The Morgan fingerprint density at radius 1 is 1.37 bits per heavy atom. The second-order valence-electron chi connectivity index (χ2n) is 4.27. The van der Waals surface area contributed by atoms with Gasteiger partial charge in [0, 0.05) is 18.1 Å². The number of benzene rings is 1. The number of halogens is 2. The van der Waals surface area contributed by atoms with Gasteiger partial charge in [0.25, 0.3) is 5.91 Å². The second kappa shape index (κ2) is 6.46. The topological polar surface area (TPSA) is 38.8 Å². The van der Waals surface area contributed by atoms with Gasteiger partial charge in [-0.1, -0.05) is 23.2 Å². The average Bonchev–Trinajstić information content (AvgIpc) is 2.42. The Balaban J connectivity index is 1.99. The highest BCUT2D eigenvalue weighted by atomic mass is 35.5. The Kier molecular flexibility index (Phi) is 4.91. The van der Waals surface area contributed by atoms with Gasteiger partial charge < -0.3 is 14.4 Å². The summed E-state index contributed by atoms with van der Waals surface area (Å²) >= 11 is 11.8. The Bertz CT molecular complexity index is 461. The molecule has 0 spiro atoms. The maximum Gasteiger partial charge on any atom is 0.263 e. The van der Waals surface area contributed by atoms with Crippen molar-refractivity contribution < 1.29 is 14.3 Å². The van der Waals surface area contributed by atoms with E-state index in [2.05, 4.69) is 0 Å². The molecule has 1 fully saturated rings. The Hall–Kier alpha value is -0.970. The lowest BCUT2D eigenvalue weighted by molar-refractivity contribution is -0.142. The highest BCUT2D eigenvalue weighted by Gasteiger charge is 2.24. The van der Waals surface area contributed by atoms with E-state index in [9.17, 15) is 4.79 Å². The van der Waals surface area contributed by atoms with E-state index in [1.165, 1.54) is 0 Å². The number of carbonyl (C=O) groups is 1. The summed E-state index contributed by atoms with van der Waals surface area (Å²) in [6, 6.07) is 4.92. The summed E-state index contributed by atoms with van der Waals surface area (Å²) in [7, 11) is 0. The molecule has 0 aliphatic carbocycles. The lowest BCUT2D eigenvalue weighted by atomic mass is 10.3. The van der Waals surface area contributed by atoms with Crippen molar-refractivity contribution >= 4 is 29.1 Å². The molecule has 1 aliphatic heterocycles. The number of carbonyl (C=O) groups excluding carboxylic acids is 1. The van der Waals surface area contributed by atoms with Crippen LogP contribution in [-0.4, -0.2) is 43.2 Å².